The number of benzene rings is 2. The van der Waals surface area contributed by atoms with Gasteiger partial charge in [0.25, 0.3) is 5.56 Å². The van der Waals surface area contributed by atoms with Crippen LogP contribution in [0.4, 0.5) is 0 Å². The second kappa shape index (κ2) is 9.61. The van der Waals surface area contributed by atoms with Gasteiger partial charge in [0.2, 0.25) is 0 Å². The molecule has 0 aliphatic carbocycles. The van der Waals surface area contributed by atoms with Crippen molar-refractivity contribution in [3.8, 4) is 5.75 Å². The van der Waals surface area contributed by atoms with Gasteiger partial charge >= 0.3 is 11.9 Å². The molecular formula is C26H24N2O5S. The first-order valence-electron chi connectivity index (χ1n) is 10.8. The van der Waals surface area contributed by atoms with E-state index in [1.807, 2.05) is 37.3 Å². The van der Waals surface area contributed by atoms with Crippen molar-refractivity contribution in [2.24, 2.45) is 4.99 Å². The monoisotopic (exact) mass is 476 g/mol. The van der Waals surface area contributed by atoms with Crippen molar-refractivity contribution >= 4 is 29.4 Å². The van der Waals surface area contributed by atoms with Gasteiger partial charge in [-0.25, -0.2) is 9.79 Å². The number of hydrogen-bond acceptors (Lipinski definition) is 7. The van der Waals surface area contributed by atoms with Crippen molar-refractivity contribution in [3.05, 3.63) is 96.2 Å². The first kappa shape index (κ1) is 23.4. The minimum atomic E-state index is -0.648. The number of aromatic nitrogens is 1. The quantitative estimate of drug-likeness (QED) is 0.417. The van der Waals surface area contributed by atoms with Gasteiger partial charge in [-0.3, -0.25) is 14.2 Å². The Labute approximate surface area is 200 Å². The summed E-state index contributed by atoms with van der Waals surface area (Å²) in [5, 5.41) is 0. The third-order valence-corrected chi connectivity index (χ3v) is 6.31. The molecule has 1 aromatic heterocycles. The third kappa shape index (κ3) is 4.63. The number of ether oxygens (including phenoxy) is 2. The molecule has 174 valence electrons. The molecule has 7 nitrogen and oxygen atoms in total. The molecule has 0 saturated heterocycles. The zero-order chi connectivity index (χ0) is 24.4. The fourth-order valence-corrected chi connectivity index (χ4v) is 4.89. The second-order valence-corrected chi connectivity index (χ2v) is 8.89. The van der Waals surface area contributed by atoms with Crippen LogP contribution in [0, 0.1) is 6.92 Å². The average molecular weight is 477 g/mol. The molecule has 2 heterocycles. The van der Waals surface area contributed by atoms with Gasteiger partial charge < -0.3 is 9.47 Å². The Kier molecular flexibility index (Phi) is 6.61. The van der Waals surface area contributed by atoms with Crippen LogP contribution in [-0.2, 0) is 14.3 Å². The first-order chi connectivity index (χ1) is 16.3. The summed E-state index contributed by atoms with van der Waals surface area (Å²) in [4.78, 5) is 42.9. The highest BCUT2D eigenvalue weighted by Gasteiger charge is 2.33. The van der Waals surface area contributed by atoms with Gasteiger partial charge in [-0.15, -0.1) is 0 Å². The van der Waals surface area contributed by atoms with Crippen LogP contribution in [0.25, 0.3) is 6.08 Å². The number of carbonyl (C=O) groups excluding carboxylic acids is 2. The van der Waals surface area contributed by atoms with E-state index in [4.69, 9.17) is 9.47 Å². The molecule has 0 saturated carbocycles. The third-order valence-electron chi connectivity index (χ3n) is 5.33. The lowest BCUT2D eigenvalue weighted by Crippen LogP contribution is -2.39. The predicted octanol–water partition coefficient (Wildman–Crippen LogP) is 3.03. The van der Waals surface area contributed by atoms with Crippen molar-refractivity contribution in [3.63, 3.8) is 0 Å². The van der Waals surface area contributed by atoms with Crippen LogP contribution in [0.1, 0.15) is 43.5 Å². The van der Waals surface area contributed by atoms with Gasteiger partial charge in [-0.1, -0.05) is 53.3 Å². The molecule has 2 aromatic carbocycles. The maximum Gasteiger partial charge on any atom is 0.338 e. The molecule has 0 fully saturated rings. The highest BCUT2D eigenvalue weighted by atomic mass is 32.1. The Bertz CT molecular complexity index is 1480. The molecule has 0 bridgehead atoms. The van der Waals surface area contributed by atoms with Crippen LogP contribution < -0.4 is 19.6 Å². The molecule has 1 aliphatic heterocycles. The lowest BCUT2D eigenvalue weighted by atomic mass is 9.95. The molecule has 0 N–H and O–H groups in total. The molecule has 1 aliphatic rings. The smallest absolute Gasteiger partial charge is 0.338 e. The van der Waals surface area contributed by atoms with E-state index in [2.05, 4.69) is 4.99 Å². The zero-order valence-electron chi connectivity index (χ0n) is 19.3. The molecular weight excluding hydrogens is 452 g/mol. The van der Waals surface area contributed by atoms with Crippen LogP contribution in [0.5, 0.6) is 5.75 Å². The Morgan fingerprint density at radius 2 is 1.88 bits per heavy atom. The summed E-state index contributed by atoms with van der Waals surface area (Å²) in [5.41, 5.74) is 3.18. The van der Waals surface area contributed by atoms with Crippen molar-refractivity contribution in [1.29, 1.82) is 0 Å². The molecule has 34 heavy (non-hydrogen) atoms. The maximum atomic E-state index is 13.6. The summed E-state index contributed by atoms with van der Waals surface area (Å²) in [6.07, 6.45) is 1.73. The fourth-order valence-electron chi connectivity index (χ4n) is 3.84. The van der Waals surface area contributed by atoms with Crippen molar-refractivity contribution in [1.82, 2.24) is 4.57 Å². The molecule has 8 heteroatoms. The van der Waals surface area contributed by atoms with Gasteiger partial charge in [-0.2, -0.15) is 0 Å². The van der Waals surface area contributed by atoms with E-state index >= 15 is 0 Å². The Morgan fingerprint density at radius 3 is 2.56 bits per heavy atom. The highest BCUT2D eigenvalue weighted by molar-refractivity contribution is 7.07. The molecule has 0 spiro atoms. The number of nitrogens with zero attached hydrogens (tertiary/aromatic N) is 2. The Balaban J connectivity index is 1.90. The fraction of sp³-hybridized carbons (Fsp3) is 0.231. The number of carbonyl (C=O) groups is 2. The average Bonchev–Trinajstić information content (AvgIpc) is 3.08. The minimum absolute atomic E-state index is 0.222. The van der Waals surface area contributed by atoms with E-state index in [1.165, 1.54) is 18.3 Å². The van der Waals surface area contributed by atoms with Gasteiger partial charge in [0.1, 0.15) is 5.75 Å². The number of hydrogen-bond donors (Lipinski definition) is 0. The van der Waals surface area contributed by atoms with Gasteiger partial charge in [0.15, 0.2) is 4.80 Å². The molecule has 3 aromatic rings. The van der Waals surface area contributed by atoms with Crippen LogP contribution in [-0.4, -0.2) is 23.1 Å². The number of thiazole rings is 1. The van der Waals surface area contributed by atoms with E-state index in [9.17, 15) is 14.4 Å². The van der Waals surface area contributed by atoms with Crippen molar-refractivity contribution in [2.75, 3.05) is 6.61 Å². The maximum absolute atomic E-state index is 13.6. The summed E-state index contributed by atoms with van der Waals surface area (Å²) in [5.74, 6) is -0.513. The standard InChI is InChI=1S/C26H24N2O5S/c1-5-32-25(31)22-16(3)27-26-28(23(22)19-11-9-15(2)10-12-19)24(30)21(34-26)14-18-7-6-8-20(13-18)33-17(4)29/h6-14,23H,5H2,1-4H3/b21-14-. The van der Waals surface area contributed by atoms with Gasteiger partial charge in [0, 0.05) is 6.92 Å². The van der Waals surface area contributed by atoms with Crippen molar-refractivity contribution < 1.29 is 19.1 Å². The summed E-state index contributed by atoms with van der Waals surface area (Å²) >= 11 is 1.24. The molecule has 0 radical (unpaired) electrons. The lowest BCUT2D eigenvalue weighted by Gasteiger charge is -2.24. The summed E-state index contributed by atoms with van der Waals surface area (Å²) in [7, 11) is 0. The molecule has 4 rings (SSSR count). The zero-order valence-corrected chi connectivity index (χ0v) is 20.1. The van der Waals surface area contributed by atoms with E-state index < -0.39 is 18.0 Å². The second-order valence-electron chi connectivity index (χ2n) is 7.88. The summed E-state index contributed by atoms with van der Waals surface area (Å²) in [6.45, 7) is 7.03. The highest BCUT2D eigenvalue weighted by Crippen LogP contribution is 2.30. The van der Waals surface area contributed by atoms with Crippen LogP contribution in [0.2, 0.25) is 0 Å². The predicted molar refractivity (Wildman–Crippen MR) is 129 cm³/mol. The Hall–Kier alpha value is -3.78. The summed E-state index contributed by atoms with van der Waals surface area (Å²) in [6, 6.07) is 14.0. The van der Waals surface area contributed by atoms with Crippen molar-refractivity contribution in [2.45, 2.75) is 33.7 Å². The largest absolute Gasteiger partial charge is 0.463 e. The normalized spacial score (nSPS) is 15.5. The first-order valence-corrected chi connectivity index (χ1v) is 11.6. The van der Waals surface area contributed by atoms with Gasteiger partial charge in [-0.05, 0) is 50.1 Å². The number of fused-ring (bicyclic) bond motifs is 1. The number of aryl methyl sites for hydroxylation is 1. The van der Waals surface area contributed by atoms with E-state index in [1.54, 1.807) is 42.7 Å². The minimum Gasteiger partial charge on any atom is -0.463 e. The van der Waals surface area contributed by atoms with Crippen LogP contribution >= 0.6 is 11.3 Å². The van der Waals surface area contributed by atoms with E-state index in [0.717, 1.165) is 11.1 Å². The number of allylic oxidation sites excluding steroid dienone is 1. The van der Waals surface area contributed by atoms with Gasteiger partial charge in [0.05, 0.1) is 28.5 Å². The summed E-state index contributed by atoms with van der Waals surface area (Å²) < 4.78 is 12.5. The van der Waals surface area contributed by atoms with E-state index in [-0.39, 0.29) is 12.2 Å². The van der Waals surface area contributed by atoms with Crippen LogP contribution in [0.3, 0.4) is 0 Å². The lowest BCUT2D eigenvalue weighted by molar-refractivity contribution is -0.139. The molecule has 1 atom stereocenters. The SMILES string of the molecule is CCOC(=O)C1=C(C)N=c2s/c(=C\c3cccc(OC(C)=O)c3)c(=O)n2C1c1ccc(C)cc1. The number of rotatable bonds is 5. The number of esters is 2. The van der Waals surface area contributed by atoms with E-state index in [0.29, 0.717) is 31.9 Å². The Morgan fingerprint density at radius 1 is 1.15 bits per heavy atom. The molecule has 1 unspecified atom stereocenters. The topological polar surface area (TPSA) is 87.0 Å². The van der Waals surface area contributed by atoms with Crippen LogP contribution in [0.15, 0.2) is 69.6 Å². The molecule has 0 amide bonds.